The van der Waals surface area contributed by atoms with Gasteiger partial charge in [-0.25, -0.2) is 4.98 Å². The van der Waals surface area contributed by atoms with E-state index in [1.807, 2.05) is 19.9 Å². The monoisotopic (exact) mass is 387 g/mol. The molecule has 2 aromatic rings. The lowest BCUT2D eigenvalue weighted by Gasteiger charge is -2.20. The molecule has 1 aliphatic carbocycles. The Morgan fingerprint density at radius 2 is 1.85 bits per heavy atom. The first-order valence-electron chi connectivity index (χ1n) is 9.65. The molecule has 6 heteroatoms. The molecule has 0 fully saturated rings. The van der Waals surface area contributed by atoms with Crippen LogP contribution in [0.1, 0.15) is 61.6 Å². The summed E-state index contributed by atoms with van der Waals surface area (Å²) in [5.41, 5.74) is 3.52. The summed E-state index contributed by atoms with van der Waals surface area (Å²) in [6.45, 7) is 8.46. The van der Waals surface area contributed by atoms with Gasteiger partial charge in [-0.15, -0.1) is 0 Å². The van der Waals surface area contributed by atoms with E-state index in [9.17, 15) is 9.59 Å². The second-order valence-electron chi connectivity index (χ2n) is 7.02. The molecule has 0 saturated heterocycles. The number of carbonyl (C=O) groups excluding carboxylic acids is 1. The summed E-state index contributed by atoms with van der Waals surface area (Å²) in [5, 5.41) is 3.81. The van der Waals surface area contributed by atoms with Gasteiger partial charge in [-0.2, -0.15) is 0 Å². The van der Waals surface area contributed by atoms with Crippen molar-refractivity contribution in [2.75, 3.05) is 5.32 Å². The average molecular weight is 388 g/mol. The van der Waals surface area contributed by atoms with Crippen molar-refractivity contribution < 1.29 is 4.79 Å². The number of carbonyl (C=O) groups is 1. The molecule has 144 valence electrons. The Labute approximate surface area is 164 Å². The standard InChI is InChI=1S/C21H26ClN3O2/c1-5-14(6-2)24-19-12(4)23-20(25(7-3)21(19)27)16-10-13-8-9-18(26)15(13)11-17(16)22/h10-11,14,24H,5-9H2,1-4H3. The van der Waals surface area contributed by atoms with Crippen molar-refractivity contribution >= 4 is 23.1 Å². The smallest absolute Gasteiger partial charge is 0.277 e. The number of nitrogens with one attached hydrogen (secondary N) is 1. The van der Waals surface area contributed by atoms with Gasteiger partial charge in [-0.05, 0) is 50.8 Å². The summed E-state index contributed by atoms with van der Waals surface area (Å²) in [4.78, 5) is 29.8. The van der Waals surface area contributed by atoms with Crippen LogP contribution in [0.2, 0.25) is 5.02 Å². The fourth-order valence-corrected chi connectivity index (χ4v) is 3.91. The molecule has 1 aromatic heterocycles. The summed E-state index contributed by atoms with van der Waals surface area (Å²) in [5.74, 6) is 0.683. The van der Waals surface area contributed by atoms with Crippen molar-refractivity contribution in [3.8, 4) is 11.4 Å². The third kappa shape index (κ3) is 3.53. The number of nitrogens with zero attached hydrogens (tertiary/aromatic N) is 2. The molecule has 0 unspecified atom stereocenters. The van der Waals surface area contributed by atoms with Gasteiger partial charge in [0.15, 0.2) is 5.78 Å². The number of benzene rings is 1. The minimum atomic E-state index is -0.0838. The summed E-state index contributed by atoms with van der Waals surface area (Å²) in [6.07, 6.45) is 3.10. The number of halogens is 1. The van der Waals surface area contributed by atoms with Gasteiger partial charge in [-0.1, -0.05) is 25.4 Å². The number of rotatable bonds is 6. The first kappa shape index (κ1) is 19.6. The van der Waals surface area contributed by atoms with E-state index < -0.39 is 0 Å². The maximum absolute atomic E-state index is 13.1. The van der Waals surface area contributed by atoms with Crippen LogP contribution in [0, 0.1) is 6.92 Å². The second-order valence-corrected chi connectivity index (χ2v) is 7.42. The maximum atomic E-state index is 13.1. The van der Waals surface area contributed by atoms with Gasteiger partial charge in [0.05, 0.1) is 10.7 Å². The van der Waals surface area contributed by atoms with Crippen molar-refractivity contribution in [1.82, 2.24) is 9.55 Å². The minimum absolute atomic E-state index is 0.0838. The van der Waals surface area contributed by atoms with Crippen molar-refractivity contribution in [3.05, 3.63) is 44.3 Å². The lowest BCUT2D eigenvalue weighted by molar-refractivity contribution is 0.0994. The highest BCUT2D eigenvalue weighted by Gasteiger charge is 2.24. The largest absolute Gasteiger partial charge is 0.376 e. The zero-order valence-corrected chi connectivity index (χ0v) is 17.1. The van der Waals surface area contributed by atoms with E-state index in [0.29, 0.717) is 52.7 Å². The second kappa shape index (κ2) is 7.85. The van der Waals surface area contributed by atoms with E-state index in [1.165, 1.54) is 0 Å². The van der Waals surface area contributed by atoms with E-state index in [0.717, 1.165) is 18.4 Å². The lowest BCUT2D eigenvalue weighted by Crippen LogP contribution is -2.30. The van der Waals surface area contributed by atoms with Crippen LogP contribution in [-0.4, -0.2) is 21.4 Å². The molecule has 1 heterocycles. The molecule has 3 rings (SSSR count). The lowest BCUT2D eigenvalue weighted by atomic mass is 10.0. The van der Waals surface area contributed by atoms with Crippen LogP contribution in [0.5, 0.6) is 0 Å². The summed E-state index contributed by atoms with van der Waals surface area (Å²) >= 11 is 6.49. The topological polar surface area (TPSA) is 64.0 Å². The van der Waals surface area contributed by atoms with Crippen LogP contribution in [-0.2, 0) is 13.0 Å². The quantitative estimate of drug-likeness (QED) is 0.785. The fraction of sp³-hybridized carbons (Fsp3) is 0.476. The van der Waals surface area contributed by atoms with E-state index in [-0.39, 0.29) is 17.4 Å². The Balaban J connectivity index is 2.15. The average Bonchev–Trinajstić information content (AvgIpc) is 3.01. The van der Waals surface area contributed by atoms with Crippen LogP contribution in [0.15, 0.2) is 16.9 Å². The third-order valence-corrected chi connectivity index (χ3v) is 5.67. The zero-order valence-electron chi connectivity index (χ0n) is 16.4. The molecule has 0 aliphatic heterocycles. The van der Waals surface area contributed by atoms with Gasteiger partial charge in [0.2, 0.25) is 0 Å². The Kier molecular flexibility index (Phi) is 5.70. The number of ketones is 1. The maximum Gasteiger partial charge on any atom is 0.277 e. The predicted molar refractivity (Wildman–Crippen MR) is 110 cm³/mol. The molecule has 0 atom stereocenters. The number of hydrogen-bond donors (Lipinski definition) is 1. The summed E-state index contributed by atoms with van der Waals surface area (Å²) in [6, 6.07) is 3.88. The molecule has 0 saturated carbocycles. The van der Waals surface area contributed by atoms with Crippen LogP contribution >= 0.6 is 11.6 Å². The molecule has 0 spiro atoms. The first-order chi connectivity index (χ1) is 12.9. The molecule has 5 nitrogen and oxygen atoms in total. The van der Waals surface area contributed by atoms with Crippen molar-refractivity contribution in [2.45, 2.75) is 66.0 Å². The van der Waals surface area contributed by atoms with Crippen LogP contribution in [0.4, 0.5) is 5.69 Å². The molecule has 0 radical (unpaired) electrons. The van der Waals surface area contributed by atoms with Gasteiger partial charge in [0, 0.05) is 30.1 Å². The fourth-order valence-electron chi connectivity index (χ4n) is 3.66. The van der Waals surface area contributed by atoms with Gasteiger partial charge >= 0.3 is 0 Å². The number of aromatic nitrogens is 2. The van der Waals surface area contributed by atoms with Gasteiger partial charge in [0.25, 0.3) is 5.56 Å². The molecule has 0 amide bonds. The molecule has 0 bridgehead atoms. The van der Waals surface area contributed by atoms with E-state index in [2.05, 4.69) is 19.2 Å². The molecule has 1 aromatic carbocycles. The zero-order chi connectivity index (χ0) is 19.7. The number of aryl methyl sites for hydroxylation is 2. The number of anilines is 1. The molecular formula is C21H26ClN3O2. The predicted octanol–water partition coefficient (Wildman–Crippen LogP) is 4.62. The summed E-state index contributed by atoms with van der Waals surface area (Å²) < 4.78 is 1.65. The number of Topliss-reactive ketones (excluding diaryl/α,β-unsaturated/α-hetero) is 1. The SMILES string of the molecule is CCC(CC)Nc1c(C)nc(-c2cc3c(cc2Cl)C(=O)CC3)n(CC)c1=O. The third-order valence-electron chi connectivity index (χ3n) is 5.36. The Hall–Kier alpha value is -2.14. The Morgan fingerprint density at radius 3 is 2.48 bits per heavy atom. The van der Waals surface area contributed by atoms with E-state index in [1.54, 1.807) is 10.6 Å². The van der Waals surface area contributed by atoms with Crippen LogP contribution in [0.3, 0.4) is 0 Å². The molecule has 1 N–H and O–H groups in total. The first-order valence-corrected chi connectivity index (χ1v) is 10.0. The van der Waals surface area contributed by atoms with Crippen molar-refractivity contribution in [3.63, 3.8) is 0 Å². The van der Waals surface area contributed by atoms with Crippen LogP contribution in [0.25, 0.3) is 11.4 Å². The molecule has 1 aliphatic rings. The molecular weight excluding hydrogens is 362 g/mol. The highest BCUT2D eigenvalue weighted by Crippen LogP contribution is 2.34. The number of hydrogen-bond acceptors (Lipinski definition) is 4. The number of fused-ring (bicyclic) bond motifs is 1. The Bertz CT molecular complexity index is 945. The van der Waals surface area contributed by atoms with Gasteiger partial charge in [0.1, 0.15) is 11.5 Å². The van der Waals surface area contributed by atoms with Crippen LogP contribution < -0.4 is 10.9 Å². The van der Waals surface area contributed by atoms with Gasteiger partial charge in [-0.3, -0.25) is 14.2 Å². The van der Waals surface area contributed by atoms with Crippen molar-refractivity contribution in [1.29, 1.82) is 0 Å². The molecule has 27 heavy (non-hydrogen) atoms. The highest BCUT2D eigenvalue weighted by atomic mass is 35.5. The van der Waals surface area contributed by atoms with Gasteiger partial charge < -0.3 is 5.32 Å². The van der Waals surface area contributed by atoms with Crippen molar-refractivity contribution in [2.24, 2.45) is 0 Å². The van der Waals surface area contributed by atoms with E-state index >= 15 is 0 Å². The Morgan fingerprint density at radius 1 is 1.15 bits per heavy atom. The highest BCUT2D eigenvalue weighted by molar-refractivity contribution is 6.33. The summed E-state index contributed by atoms with van der Waals surface area (Å²) in [7, 11) is 0. The van der Waals surface area contributed by atoms with E-state index in [4.69, 9.17) is 16.6 Å². The minimum Gasteiger partial charge on any atom is -0.376 e. The normalized spacial score (nSPS) is 13.3.